The molecule has 3 heteroatoms. The summed E-state index contributed by atoms with van der Waals surface area (Å²) >= 11 is 0. The van der Waals surface area contributed by atoms with Gasteiger partial charge in [-0.15, -0.1) is 0 Å². The Kier molecular flexibility index (Phi) is 7.04. The van der Waals surface area contributed by atoms with Crippen molar-refractivity contribution in [2.24, 2.45) is 0 Å². The molecule has 1 N–H and O–H groups in total. The highest BCUT2D eigenvalue weighted by Crippen LogP contribution is 2.29. The second-order valence-corrected chi connectivity index (χ2v) is 6.45. The number of nitrogens with one attached hydrogen (secondary N) is 1. The third-order valence-corrected chi connectivity index (χ3v) is 4.12. The van der Waals surface area contributed by atoms with E-state index in [-0.39, 0.29) is 6.10 Å². The van der Waals surface area contributed by atoms with Crippen LogP contribution >= 0.6 is 0 Å². The highest BCUT2D eigenvalue weighted by molar-refractivity contribution is 5.43. The van der Waals surface area contributed by atoms with Gasteiger partial charge >= 0.3 is 0 Å². The fourth-order valence-corrected chi connectivity index (χ4v) is 3.03. The molecule has 0 aromatic heterocycles. The molecule has 0 unspecified atom stereocenters. The zero-order valence-electron chi connectivity index (χ0n) is 14.4. The lowest BCUT2D eigenvalue weighted by Crippen LogP contribution is -2.27. The highest BCUT2D eigenvalue weighted by atomic mass is 16.5. The average molecular weight is 305 g/mol. The standard InChI is InChI=1S/C19H31NO2/c1-4-21-19-13-16(11-12-18(19)22-15(2)3)14-20-17-9-7-5-6-8-10-17/h11-13,15,17,20H,4-10,14H2,1-3H3. The molecule has 0 aliphatic heterocycles. The second-order valence-electron chi connectivity index (χ2n) is 6.45. The molecule has 1 aliphatic rings. The lowest BCUT2D eigenvalue weighted by molar-refractivity contribution is 0.223. The molecular weight excluding hydrogens is 274 g/mol. The third-order valence-electron chi connectivity index (χ3n) is 4.12. The SMILES string of the molecule is CCOc1cc(CNC2CCCCCC2)ccc1OC(C)C. The lowest BCUT2D eigenvalue weighted by Gasteiger charge is -2.18. The lowest BCUT2D eigenvalue weighted by atomic mass is 10.1. The molecule has 0 amide bonds. The fraction of sp³-hybridized carbons (Fsp3) is 0.684. The summed E-state index contributed by atoms with van der Waals surface area (Å²) in [5.41, 5.74) is 1.27. The molecule has 0 radical (unpaired) electrons. The predicted octanol–water partition coefficient (Wildman–Crippen LogP) is 4.68. The summed E-state index contributed by atoms with van der Waals surface area (Å²) in [5.74, 6) is 1.70. The molecule has 1 aromatic carbocycles. The van der Waals surface area contributed by atoms with Gasteiger partial charge in [0.15, 0.2) is 11.5 Å². The third kappa shape index (κ3) is 5.53. The van der Waals surface area contributed by atoms with Gasteiger partial charge in [0.25, 0.3) is 0 Å². The van der Waals surface area contributed by atoms with E-state index >= 15 is 0 Å². The van der Waals surface area contributed by atoms with Crippen LogP contribution in [0.5, 0.6) is 11.5 Å². The van der Waals surface area contributed by atoms with Gasteiger partial charge in [-0.2, -0.15) is 0 Å². The van der Waals surface area contributed by atoms with Crippen LogP contribution in [0, 0.1) is 0 Å². The van der Waals surface area contributed by atoms with Crippen molar-refractivity contribution in [2.45, 2.75) is 78.0 Å². The van der Waals surface area contributed by atoms with E-state index in [0.717, 1.165) is 18.0 Å². The van der Waals surface area contributed by atoms with Crippen molar-refractivity contribution in [1.82, 2.24) is 5.32 Å². The minimum Gasteiger partial charge on any atom is -0.490 e. The Morgan fingerprint density at radius 3 is 2.45 bits per heavy atom. The van der Waals surface area contributed by atoms with Crippen molar-refractivity contribution in [3.63, 3.8) is 0 Å². The van der Waals surface area contributed by atoms with E-state index in [2.05, 4.69) is 17.4 Å². The maximum Gasteiger partial charge on any atom is 0.161 e. The van der Waals surface area contributed by atoms with Crippen molar-refractivity contribution in [2.75, 3.05) is 6.61 Å². The van der Waals surface area contributed by atoms with Gasteiger partial charge in [-0.05, 0) is 51.3 Å². The first-order chi connectivity index (χ1) is 10.7. The van der Waals surface area contributed by atoms with Crippen molar-refractivity contribution in [1.29, 1.82) is 0 Å². The predicted molar refractivity (Wildman–Crippen MR) is 91.7 cm³/mol. The van der Waals surface area contributed by atoms with Crippen LogP contribution < -0.4 is 14.8 Å². The molecule has 1 aliphatic carbocycles. The van der Waals surface area contributed by atoms with Crippen molar-refractivity contribution in [3.05, 3.63) is 23.8 Å². The van der Waals surface area contributed by atoms with E-state index in [9.17, 15) is 0 Å². The molecule has 1 fully saturated rings. The van der Waals surface area contributed by atoms with E-state index in [1.807, 2.05) is 26.8 Å². The number of benzene rings is 1. The van der Waals surface area contributed by atoms with Crippen LogP contribution in [0.1, 0.15) is 64.9 Å². The van der Waals surface area contributed by atoms with Crippen molar-refractivity contribution >= 4 is 0 Å². The van der Waals surface area contributed by atoms with E-state index in [0.29, 0.717) is 12.6 Å². The van der Waals surface area contributed by atoms with Crippen LogP contribution in [-0.2, 0) is 6.54 Å². The molecule has 0 bridgehead atoms. The summed E-state index contributed by atoms with van der Waals surface area (Å²) in [6.07, 6.45) is 8.31. The van der Waals surface area contributed by atoms with Gasteiger partial charge in [-0.1, -0.05) is 31.7 Å². The van der Waals surface area contributed by atoms with Crippen LogP contribution in [0.2, 0.25) is 0 Å². The summed E-state index contributed by atoms with van der Waals surface area (Å²) in [6.45, 7) is 7.66. The minimum atomic E-state index is 0.161. The summed E-state index contributed by atoms with van der Waals surface area (Å²) in [7, 11) is 0. The first-order valence-corrected chi connectivity index (χ1v) is 8.84. The van der Waals surface area contributed by atoms with Gasteiger partial charge in [0.2, 0.25) is 0 Å². The molecule has 124 valence electrons. The maximum atomic E-state index is 5.82. The summed E-state index contributed by atoms with van der Waals surface area (Å²) in [6, 6.07) is 6.97. The van der Waals surface area contributed by atoms with Gasteiger partial charge in [0, 0.05) is 12.6 Å². The molecule has 2 rings (SSSR count). The normalized spacial score (nSPS) is 16.5. The first-order valence-electron chi connectivity index (χ1n) is 8.84. The second kappa shape index (κ2) is 9.04. The molecule has 0 spiro atoms. The molecule has 0 saturated heterocycles. The Labute approximate surface area is 135 Å². The topological polar surface area (TPSA) is 30.5 Å². The Hall–Kier alpha value is -1.22. The highest BCUT2D eigenvalue weighted by Gasteiger charge is 2.12. The fourth-order valence-electron chi connectivity index (χ4n) is 3.03. The molecule has 0 heterocycles. The van der Waals surface area contributed by atoms with Gasteiger partial charge in [-0.3, -0.25) is 0 Å². The van der Waals surface area contributed by atoms with E-state index in [1.165, 1.54) is 44.1 Å². The van der Waals surface area contributed by atoms with Crippen LogP contribution in [-0.4, -0.2) is 18.8 Å². The smallest absolute Gasteiger partial charge is 0.161 e. The van der Waals surface area contributed by atoms with Gasteiger partial charge in [0.05, 0.1) is 12.7 Å². The van der Waals surface area contributed by atoms with Crippen molar-refractivity contribution < 1.29 is 9.47 Å². The van der Waals surface area contributed by atoms with E-state index in [1.54, 1.807) is 0 Å². The molecule has 22 heavy (non-hydrogen) atoms. The molecule has 3 nitrogen and oxygen atoms in total. The number of hydrogen-bond donors (Lipinski definition) is 1. The molecule has 1 aromatic rings. The summed E-state index contributed by atoms with van der Waals surface area (Å²) < 4.78 is 11.6. The Morgan fingerprint density at radius 2 is 1.82 bits per heavy atom. The average Bonchev–Trinajstić information content (AvgIpc) is 2.76. The Morgan fingerprint density at radius 1 is 1.09 bits per heavy atom. The van der Waals surface area contributed by atoms with Crippen LogP contribution in [0.3, 0.4) is 0 Å². The quantitative estimate of drug-likeness (QED) is 0.742. The Bertz CT molecular complexity index is 437. The summed E-state index contributed by atoms with van der Waals surface area (Å²) in [5, 5.41) is 3.71. The number of rotatable bonds is 7. The Balaban J connectivity index is 1.96. The van der Waals surface area contributed by atoms with Gasteiger partial charge in [-0.25, -0.2) is 0 Å². The molecule has 0 atom stereocenters. The number of ether oxygens (including phenoxy) is 2. The van der Waals surface area contributed by atoms with Crippen LogP contribution in [0.15, 0.2) is 18.2 Å². The number of hydrogen-bond acceptors (Lipinski definition) is 3. The van der Waals surface area contributed by atoms with Crippen molar-refractivity contribution in [3.8, 4) is 11.5 Å². The van der Waals surface area contributed by atoms with Gasteiger partial charge in [0.1, 0.15) is 0 Å². The van der Waals surface area contributed by atoms with Crippen LogP contribution in [0.25, 0.3) is 0 Å². The maximum absolute atomic E-state index is 5.82. The zero-order valence-corrected chi connectivity index (χ0v) is 14.4. The van der Waals surface area contributed by atoms with E-state index in [4.69, 9.17) is 9.47 Å². The molecule has 1 saturated carbocycles. The van der Waals surface area contributed by atoms with Crippen LogP contribution in [0.4, 0.5) is 0 Å². The first kappa shape index (κ1) is 17.1. The van der Waals surface area contributed by atoms with E-state index < -0.39 is 0 Å². The van der Waals surface area contributed by atoms with Gasteiger partial charge < -0.3 is 14.8 Å². The summed E-state index contributed by atoms with van der Waals surface area (Å²) in [4.78, 5) is 0. The molecular formula is C19H31NO2. The zero-order chi connectivity index (χ0) is 15.8. The monoisotopic (exact) mass is 305 g/mol. The minimum absolute atomic E-state index is 0.161. The largest absolute Gasteiger partial charge is 0.490 e.